The molecule has 4 N–H and O–H groups in total. The minimum Gasteiger partial charge on any atom is -0.366 e. The predicted molar refractivity (Wildman–Crippen MR) is 109 cm³/mol. The smallest absolute Gasteiger partial charge is 0.251 e. The molecule has 0 saturated carbocycles. The molecule has 27 heavy (non-hydrogen) atoms. The minimum atomic E-state index is -0.567. The highest BCUT2D eigenvalue weighted by Crippen LogP contribution is 2.24. The van der Waals surface area contributed by atoms with Crippen LogP contribution < -0.4 is 16.4 Å². The van der Waals surface area contributed by atoms with Crippen LogP contribution in [0.15, 0.2) is 66.0 Å². The number of nitrogens with one attached hydrogen (secondary N) is 2. The van der Waals surface area contributed by atoms with Crippen LogP contribution in [0.3, 0.4) is 0 Å². The molecular formula is C20H18ClN3O2S. The van der Waals surface area contributed by atoms with Gasteiger partial charge in [-0.15, -0.1) is 11.3 Å². The van der Waals surface area contributed by atoms with E-state index in [0.717, 1.165) is 11.1 Å². The lowest BCUT2D eigenvalue weighted by Crippen LogP contribution is -2.32. The standard InChI is InChI=1S/C20H18ClN3O2S/c21-15-8-6-14(7-9-15)18(13-4-2-1-3-5-13)23-12-17(25)24-20-16(19(22)26)10-11-27-20/h1-11,18,23H,12H2,(H2,22,26)(H,24,25)/t18-/m1/s1. The van der Waals surface area contributed by atoms with Gasteiger partial charge >= 0.3 is 0 Å². The van der Waals surface area contributed by atoms with Crippen molar-refractivity contribution in [2.45, 2.75) is 6.04 Å². The van der Waals surface area contributed by atoms with Crippen LogP contribution in [0.2, 0.25) is 5.02 Å². The van der Waals surface area contributed by atoms with Crippen LogP contribution in [-0.2, 0) is 4.79 Å². The lowest BCUT2D eigenvalue weighted by Gasteiger charge is -2.20. The maximum atomic E-state index is 12.4. The van der Waals surface area contributed by atoms with Crippen LogP contribution in [0.5, 0.6) is 0 Å². The van der Waals surface area contributed by atoms with Gasteiger partial charge in [-0.2, -0.15) is 0 Å². The first-order valence-electron chi connectivity index (χ1n) is 8.25. The van der Waals surface area contributed by atoms with E-state index in [1.807, 2.05) is 54.6 Å². The quantitative estimate of drug-likeness (QED) is 0.564. The second-order valence-corrected chi connectivity index (χ2v) is 7.20. The van der Waals surface area contributed by atoms with Gasteiger partial charge < -0.3 is 11.1 Å². The fraction of sp³-hybridized carbons (Fsp3) is 0.100. The summed E-state index contributed by atoms with van der Waals surface area (Å²) in [5.74, 6) is -0.822. The zero-order chi connectivity index (χ0) is 19.2. The summed E-state index contributed by atoms with van der Waals surface area (Å²) >= 11 is 7.25. The Balaban J connectivity index is 1.73. The molecule has 1 heterocycles. The molecule has 0 radical (unpaired) electrons. The van der Waals surface area contributed by atoms with Gasteiger partial charge in [0.15, 0.2) is 0 Å². The molecule has 0 aliphatic carbocycles. The Kier molecular flexibility index (Phi) is 6.24. The van der Waals surface area contributed by atoms with E-state index in [4.69, 9.17) is 17.3 Å². The number of carbonyl (C=O) groups is 2. The highest BCUT2D eigenvalue weighted by atomic mass is 35.5. The first-order valence-corrected chi connectivity index (χ1v) is 9.51. The Morgan fingerprint density at radius 1 is 1.00 bits per heavy atom. The lowest BCUT2D eigenvalue weighted by molar-refractivity contribution is -0.115. The van der Waals surface area contributed by atoms with Gasteiger partial charge in [0.2, 0.25) is 5.91 Å². The highest BCUT2D eigenvalue weighted by molar-refractivity contribution is 7.14. The second kappa shape index (κ2) is 8.81. The Labute approximate surface area is 166 Å². The van der Waals surface area contributed by atoms with Crippen LogP contribution in [0.1, 0.15) is 27.5 Å². The number of carbonyl (C=O) groups excluding carboxylic acids is 2. The van der Waals surface area contributed by atoms with Crippen LogP contribution in [0.4, 0.5) is 5.00 Å². The number of hydrogen-bond donors (Lipinski definition) is 3. The van der Waals surface area contributed by atoms with E-state index in [2.05, 4.69) is 10.6 Å². The molecule has 1 aromatic heterocycles. The molecule has 0 aliphatic heterocycles. The molecule has 5 nitrogen and oxygen atoms in total. The summed E-state index contributed by atoms with van der Waals surface area (Å²) in [5, 5.41) is 8.82. The Morgan fingerprint density at radius 3 is 2.33 bits per heavy atom. The van der Waals surface area contributed by atoms with E-state index in [0.29, 0.717) is 15.6 Å². The zero-order valence-corrected chi connectivity index (χ0v) is 15.9. The van der Waals surface area contributed by atoms with Crippen molar-refractivity contribution in [2.75, 3.05) is 11.9 Å². The maximum Gasteiger partial charge on any atom is 0.251 e. The number of thiophene rings is 1. The summed E-state index contributed by atoms with van der Waals surface area (Å²) in [6.07, 6.45) is 0. The van der Waals surface area contributed by atoms with E-state index in [1.165, 1.54) is 11.3 Å². The van der Waals surface area contributed by atoms with Crippen molar-refractivity contribution in [1.29, 1.82) is 0 Å². The molecule has 0 fully saturated rings. The Bertz CT molecular complexity index is 926. The molecule has 138 valence electrons. The van der Waals surface area contributed by atoms with Gasteiger partial charge in [-0.3, -0.25) is 14.9 Å². The molecule has 3 rings (SSSR count). The third kappa shape index (κ3) is 4.95. The van der Waals surface area contributed by atoms with Crippen molar-refractivity contribution in [3.05, 3.63) is 87.8 Å². The van der Waals surface area contributed by atoms with Crippen molar-refractivity contribution in [1.82, 2.24) is 5.32 Å². The fourth-order valence-corrected chi connectivity index (χ4v) is 3.63. The van der Waals surface area contributed by atoms with Crippen LogP contribution >= 0.6 is 22.9 Å². The van der Waals surface area contributed by atoms with Crippen molar-refractivity contribution < 1.29 is 9.59 Å². The van der Waals surface area contributed by atoms with E-state index in [1.54, 1.807) is 11.4 Å². The van der Waals surface area contributed by atoms with Crippen molar-refractivity contribution in [2.24, 2.45) is 5.73 Å². The molecule has 1 atom stereocenters. The molecule has 2 amide bonds. The van der Waals surface area contributed by atoms with Gasteiger partial charge in [0.1, 0.15) is 5.00 Å². The summed E-state index contributed by atoms with van der Waals surface area (Å²) in [6, 6.07) is 18.7. The van der Waals surface area contributed by atoms with Crippen molar-refractivity contribution >= 4 is 39.8 Å². The average molecular weight is 400 g/mol. The first-order chi connectivity index (χ1) is 13.0. The van der Waals surface area contributed by atoms with Gasteiger partial charge in [0.05, 0.1) is 18.2 Å². The molecular weight excluding hydrogens is 382 g/mol. The fourth-order valence-electron chi connectivity index (χ4n) is 2.69. The average Bonchev–Trinajstić information content (AvgIpc) is 3.12. The topological polar surface area (TPSA) is 84.2 Å². The number of primary amides is 1. The van der Waals surface area contributed by atoms with E-state index >= 15 is 0 Å². The molecule has 0 aliphatic rings. The minimum absolute atomic E-state index is 0.0677. The lowest BCUT2D eigenvalue weighted by atomic mass is 9.99. The van der Waals surface area contributed by atoms with Gasteiger partial charge in [-0.25, -0.2) is 0 Å². The number of rotatable bonds is 7. The third-order valence-electron chi connectivity index (χ3n) is 3.99. The number of amides is 2. The molecule has 0 spiro atoms. The van der Waals surface area contributed by atoms with E-state index in [-0.39, 0.29) is 18.5 Å². The second-order valence-electron chi connectivity index (χ2n) is 5.85. The summed E-state index contributed by atoms with van der Waals surface area (Å²) < 4.78 is 0. The van der Waals surface area contributed by atoms with Gasteiger partial charge in [-0.1, -0.05) is 54.1 Å². The SMILES string of the molecule is NC(=O)c1ccsc1NC(=O)CN[C@H](c1ccccc1)c1ccc(Cl)cc1. The van der Waals surface area contributed by atoms with E-state index < -0.39 is 5.91 Å². The molecule has 3 aromatic rings. The molecule has 2 aromatic carbocycles. The first kappa shape index (κ1) is 19.1. The van der Waals surface area contributed by atoms with Crippen molar-refractivity contribution in [3.63, 3.8) is 0 Å². The normalized spacial score (nSPS) is 11.7. The number of nitrogens with two attached hydrogens (primary N) is 1. The summed E-state index contributed by atoms with van der Waals surface area (Å²) in [5.41, 5.74) is 7.64. The monoisotopic (exact) mass is 399 g/mol. The largest absolute Gasteiger partial charge is 0.366 e. The summed E-state index contributed by atoms with van der Waals surface area (Å²) in [7, 11) is 0. The van der Waals surface area contributed by atoms with Crippen LogP contribution in [0.25, 0.3) is 0 Å². The molecule has 7 heteroatoms. The highest BCUT2D eigenvalue weighted by Gasteiger charge is 2.17. The van der Waals surface area contributed by atoms with Gasteiger partial charge in [0.25, 0.3) is 5.91 Å². The van der Waals surface area contributed by atoms with E-state index in [9.17, 15) is 9.59 Å². The van der Waals surface area contributed by atoms with Crippen LogP contribution in [-0.4, -0.2) is 18.4 Å². The number of hydrogen-bond acceptors (Lipinski definition) is 4. The Hall–Kier alpha value is -2.67. The summed E-state index contributed by atoms with van der Waals surface area (Å²) in [4.78, 5) is 23.7. The summed E-state index contributed by atoms with van der Waals surface area (Å²) in [6.45, 7) is 0.0677. The molecule has 0 unspecified atom stereocenters. The zero-order valence-electron chi connectivity index (χ0n) is 14.3. The van der Waals surface area contributed by atoms with Gasteiger partial charge in [-0.05, 0) is 34.7 Å². The van der Waals surface area contributed by atoms with Crippen molar-refractivity contribution in [3.8, 4) is 0 Å². The maximum absolute atomic E-state index is 12.4. The molecule has 0 bridgehead atoms. The number of benzene rings is 2. The third-order valence-corrected chi connectivity index (χ3v) is 5.07. The number of halogens is 1. The molecule has 0 saturated heterocycles. The number of anilines is 1. The Morgan fingerprint density at radius 2 is 1.67 bits per heavy atom. The van der Waals surface area contributed by atoms with Gasteiger partial charge in [0, 0.05) is 5.02 Å². The van der Waals surface area contributed by atoms with Crippen LogP contribution in [0, 0.1) is 0 Å². The predicted octanol–water partition coefficient (Wildman–Crippen LogP) is 3.82.